The van der Waals surface area contributed by atoms with Crippen molar-refractivity contribution in [3.63, 3.8) is 0 Å². The molecular formula is C13H17N3O. The highest BCUT2D eigenvalue weighted by Gasteiger charge is 2.15. The molecule has 0 bridgehead atoms. The maximum atomic E-state index is 12.0. The van der Waals surface area contributed by atoms with Gasteiger partial charge in [-0.3, -0.25) is 4.79 Å². The number of H-pyrrole nitrogens is 1. The number of amides is 1. The van der Waals surface area contributed by atoms with Crippen LogP contribution in [0.1, 0.15) is 37.0 Å². The molecule has 1 heterocycles. The number of carbonyl (C=O) groups is 1. The predicted molar refractivity (Wildman–Crippen MR) is 68.0 cm³/mol. The van der Waals surface area contributed by atoms with Gasteiger partial charge in [0.05, 0.1) is 11.0 Å². The van der Waals surface area contributed by atoms with Gasteiger partial charge in [-0.05, 0) is 45.9 Å². The Bertz CT molecular complexity index is 564. The Balaban J connectivity index is 2.33. The highest BCUT2D eigenvalue weighted by molar-refractivity contribution is 5.97. The molecule has 0 aliphatic carbocycles. The zero-order valence-corrected chi connectivity index (χ0v) is 10.6. The fourth-order valence-electron chi connectivity index (χ4n) is 1.69. The van der Waals surface area contributed by atoms with Crippen molar-refractivity contribution >= 4 is 16.9 Å². The van der Waals surface area contributed by atoms with Crippen LogP contribution in [0.4, 0.5) is 0 Å². The molecule has 0 aliphatic rings. The van der Waals surface area contributed by atoms with E-state index in [0.29, 0.717) is 5.56 Å². The second-order valence-corrected chi connectivity index (χ2v) is 5.26. The minimum Gasteiger partial charge on any atom is -0.347 e. The Morgan fingerprint density at radius 2 is 2.06 bits per heavy atom. The quantitative estimate of drug-likeness (QED) is 0.791. The molecule has 0 aliphatic heterocycles. The summed E-state index contributed by atoms with van der Waals surface area (Å²) in [5.74, 6) is 0.792. The summed E-state index contributed by atoms with van der Waals surface area (Å²) in [4.78, 5) is 19.4. The molecule has 0 radical (unpaired) electrons. The Morgan fingerprint density at radius 1 is 1.35 bits per heavy atom. The first-order valence-electron chi connectivity index (χ1n) is 5.64. The number of nitrogens with one attached hydrogen (secondary N) is 2. The van der Waals surface area contributed by atoms with Crippen LogP contribution in [-0.2, 0) is 0 Å². The molecule has 90 valence electrons. The fraction of sp³-hybridized carbons (Fsp3) is 0.385. The lowest BCUT2D eigenvalue weighted by Gasteiger charge is -2.20. The van der Waals surface area contributed by atoms with Crippen LogP contribution in [0.15, 0.2) is 18.2 Å². The van der Waals surface area contributed by atoms with Crippen LogP contribution in [0, 0.1) is 6.92 Å². The van der Waals surface area contributed by atoms with E-state index in [9.17, 15) is 4.79 Å². The first-order valence-corrected chi connectivity index (χ1v) is 5.64. The summed E-state index contributed by atoms with van der Waals surface area (Å²) in [5, 5.41) is 2.93. The monoisotopic (exact) mass is 231 g/mol. The summed E-state index contributed by atoms with van der Waals surface area (Å²) in [6.45, 7) is 7.78. The maximum absolute atomic E-state index is 12.0. The molecule has 2 rings (SSSR count). The normalized spacial score (nSPS) is 11.8. The molecule has 0 spiro atoms. The zero-order chi connectivity index (χ0) is 12.6. The molecule has 4 heteroatoms. The Labute approximate surface area is 100 Å². The fourth-order valence-corrected chi connectivity index (χ4v) is 1.69. The van der Waals surface area contributed by atoms with Gasteiger partial charge >= 0.3 is 0 Å². The summed E-state index contributed by atoms with van der Waals surface area (Å²) < 4.78 is 0. The highest BCUT2D eigenvalue weighted by atomic mass is 16.1. The van der Waals surface area contributed by atoms with Gasteiger partial charge < -0.3 is 10.3 Å². The third kappa shape index (κ3) is 2.64. The number of carbonyl (C=O) groups excluding carboxylic acids is 1. The van der Waals surface area contributed by atoms with E-state index in [-0.39, 0.29) is 11.4 Å². The lowest BCUT2D eigenvalue weighted by molar-refractivity contribution is 0.0919. The van der Waals surface area contributed by atoms with Gasteiger partial charge in [0.1, 0.15) is 5.82 Å². The van der Waals surface area contributed by atoms with Crippen LogP contribution < -0.4 is 5.32 Å². The topological polar surface area (TPSA) is 57.8 Å². The first kappa shape index (κ1) is 11.6. The maximum Gasteiger partial charge on any atom is 0.251 e. The summed E-state index contributed by atoms with van der Waals surface area (Å²) in [7, 11) is 0. The molecule has 0 saturated carbocycles. The highest BCUT2D eigenvalue weighted by Crippen LogP contribution is 2.14. The van der Waals surface area contributed by atoms with E-state index in [1.165, 1.54) is 0 Å². The number of aryl methyl sites for hydroxylation is 1. The molecule has 2 aromatic rings. The van der Waals surface area contributed by atoms with Gasteiger partial charge in [-0.15, -0.1) is 0 Å². The van der Waals surface area contributed by atoms with E-state index in [4.69, 9.17) is 0 Å². The number of benzene rings is 1. The van der Waals surface area contributed by atoms with Crippen LogP contribution in [0.5, 0.6) is 0 Å². The molecule has 0 saturated heterocycles. The standard InChI is InChI=1S/C13H17N3O/c1-8-14-10-6-5-9(7-11(10)15-8)12(17)16-13(2,3)4/h5-7H,1-4H3,(H,14,15)(H,16,17). The molecule has 4 nitrogen and oxygen atoms in total. The van der Waals surface area contributed by atoms with Gasteiger partial charge in [-0.25, -0.2) is 4.98 Å². The van der Waals surface area contributed by atoms with Crippen LogP contribution in [0.25, 0.3) is 11.0 Å². The summed E-state index contributed by atoms with van der Waals surface area (Å²) >= 11 is 0. The minimum absolute atomic E-state index is 0.0633. The Kier molecular flexibility index (Phi) is 2.65. The smallest absolute Gasteiger partial charge is 0.251 e. The first-order chi connectivity index (χ1) is 7.85. The number of nitrogens with zero attached hydrogens (tertiary/aromatic N) is 1. The molecular weight excluding hydrogens is 214 g/mol. The van der Waals surface area contributed by atoms with Crippen molar-refractivity contribution < 1.29 is 4.79 Å². The van der Waals surface area contributed by atoms with Gasteiger partial charge in [0.15, 0.2) is 0 Å². The molecule has 0 fully saturated rings. The molecule has 1 amide bonds. The van der Waals surface area contributed by atoms with E-state index in [2.05, 4.69) is 15.3 Å². The average molecular weight is 231 g/mol. The van der Waals surface area contributed by atoms with Crippen LogP contribution >= 0.6 is 0 Å². The molecule has 2 N–H and O–H groups in total. The predicted octanol–water partition coefficient (Wildman–Crippen LogP) is 2.40. The summed E-state index contributed by atoms with van der Waals surface area (Å²) in [5.41, 5.74) is 2.20. The number of imidazole rings is 1. The zero-order valence-electron chi connectivity index (χ0n) is 10.6. The number of aromatic nitrogens is 2. The number of hydrogen-bond donors (Lipinski definition) is 2. The average Bonchev–Trinajstić information content (AvgIpc) is 2.53. The van der Waals surface area contributed by atoms with Crippen molar-refractivity contribution in [1.29, 1.82) is 0 Å². The number of hydrogen-bond acceptors (Lipinski definition) is 2. The Hall–Kier alpha value is -1.84. The summed E-state index contributed by atoms with van der Waals surface area (Å²) in [6, 6.07) is 5.48. The van der Waals surface area contributed by atoms with Crippen molar-refractivity contribution in [2.45, 2.75) is 33.2 Å². The van der Waals surface area contributed by atoms with Gasteiger partial charge in [0.2, 0.25) is 0 Å². The second kappa shape index (κ2) is 3.87. The molecule has 0 unspecified atom stereocenters. The minimum atomic E-state index is -0.226. The van der Waals surface area contributed by atoms with Crippen LogP contribution in [0.3, 0.4) is 0 Å². The van der Waals surface area contributed by atoms with Crippen molar-refractivity contribution in [1.82, 2.24) is 15.3 Å². The number of fused-ring (bicyclic) bond motifs is 1. The second-order valence-electron chi connectivity index (χ2n) is 5.26. The van der Waals surface area contributed by atoms with Crippen LogP contribution in [0.2, 0.25) is 0 Å². The van der Waals surface area contributed by atoms with Crippen LogP contribution in [-0.4, -0.2) is 21.4 Å². The largest absolute Gasteiger partial charge is 0.347 e. The molecule has 1 aromatic heterocycles. The SMILES string of the molecule is Cc1nc2ccc(C(=O)NC(C)(C)C)cc2[nH]1. The van der Waals surface area contributed by atoms with Gasteiger partial charge in [0.25, 0.3) is 5.91 Å². The lowest BCUT2D eigenvalue weighted by Crippen LogP contribution is -2.40. The van der Waals surface area contributed by atoms with Crippen molar-refractivity contribution in [2.24, 2.45) is 0 Å². The number of aromatic amines is 1. The van der Waals surface area contributed by atoms with E-state index < -0.39 is 0 Å². The van der Waals surface area contributed by atoms with E-state index in [1.807, 2.05) is 39.8 Å². The third-order valence-electron chi connectivity index (χ3n) is 2.35. The summed E-state index contributed by atoms with van der Waals surface area (Å²) in [6.07, 6.45) is 0. The molecule has 1 aromatic carbocycles. The van der Waals surface area contributed by atoms with Gasteiger partial charge in [0, 0.05) is 11.1 Å². The van der Waals surface area contributed by atoms with Crippen molar-refractivity contribution in [2.75, 3.05) is 0 Å². The van der Waals surface area contributed by atoms with Gasteiger partial charge in [-0.2, -0.15) is 0 Å². The lowest BCUT2D eigenvalue weighted by atomic mass is 10.1. The van der Waals surface area contributed by atoms with Gasteiger partial charge in [-0.1, -0.05) is 0 Å². The third-order valence-corrected chi connectivity index (χ3v) is 2.35. The van der Waals surface area contributed by atoms with Crippen molar-refractivity contribution in [3.05, 3.63) is 29.6 Å². The van der Waals surface area contributed by atoms with Crippen molar-refractivity contribution in [3.8, 4) is 0 Å². The van der Waals surface area contributed by atoms with E-state index in [1.54, 1.807) is 6.07 Å². The Morgan fingerprint density at radius 3 is 2.71 bits per heavy atom. The van der Waals surface area contributed by atoms with E-state index in [0.717, 1.165) is 16.9 Å². The number of rotatable bonds is 1. The molecule has 17 heavy (non-hydrogen) atoms. The molecule has 0 atom stereocenters. The van der Waals surface area contributed by atoms with E-state index >= 15 is 0 Å².